The van der Waals surface area contributed by atoms with Gasteiger partial charge in [-0.25, -0.2) is 9.97 Å². The first-order valence-electron chi connectivity index (χ1n) is 11.2. The average Bonchev–Trinajstić information content (AvgIpc) is 2.78. The number of benzene rings is 2. The van der Waals surface area contributed by atoms with Crippen LogP contribution >= 0.6 is 0 Å². The summed E-state index contributed by atoms with van der Waals surface area (Å²) in [6, 6.07) is 8.77. The second-order valence-electron chi connectivity index (χ2n) is 8.69. The molecule has 0 radical (unpaired) electrons. The van der Waals surface area contributed by atoms with Crippen LogP contribution in [0.1, 0.15) is 43.1 Å². The molecule has 1 N–H and O–H groups in total. The first-order chi connectivity index (χ1) is 16.2. The van der Waals surface area contributed by atoms with E-state index in [1.807, 2.05) is 0 Å². The number of aryl methyl sites for hydroxylation is 1. The minimum Gasteiger partial charge on any atom is -0.493 e. The van der Waals surface area contributed by atoms with Crippen molar-refractivity contribution in [3.8, 4) is 11.5 Å². The molecule has 3 aromatic rings. The summed E-state index contributed by atoms with van der Waals surface area (Å²) in [5, 5.41) is 3.83. The zero-order valence-corrected chi connectivity index (χ0v) is 19.5. The van der Waals surface area contributed by atoms with Gasteiger partial charge in [-0.1, -0.05) is 12.1 Å². The topological polar surface area (TPSA) is 65.5 Å². The van der Waals surface area contributed by atoms with Crippen LogP contribution in [0.2, 0.25) is 0 Å². The zero-order valence-electron chi connectivity index (χ0n) is 19.5. The molecule has 34 heavy (non-hydrogen) atoms. The van der Waals surface area contributed by atoms with Crippen molar-refractivity contribution in [1.29, 1.82) is 0 Å². The Balaban J connectivity index is 1.53. The predicted octanol–water partition coefficient (Wildman–Crippen LogP) is 5.92. The molecule has 0 saturated heterocycles. The third kappa shape index (κ3) is 5.52. The predicted molar refractivity (Wildman–Crippen MR) is 123 cm³/mol. The van der Waals surface area contributed by atoms with Crippen molar-refractivity contribution >= 4 is 16.7 Å². The molecule has 0 unspecified atom stereocenters. The van der Waals surface area contributed by atoms with Gasteiger partial charge in [0.05, 0.1) is 30.4 Å². The Labute approximate surface area is 196 Å². The van der Waals surface area contributed by atoms with Gasteiger partial charge in [-0.3, -0.25) is 0 Å². The molecule has 1 heterocycles. The number of anilines is 1. The maximum atomic E-state index is 13.0. The lowest BCUT2D eigenvalue weighted by Gasteiger charge is -2.38. The SMILES string of the molecule is COc1cc2nc(C)nc(NCc3cccc(C(F)(F)F)c3)c2cc1OCCOC1(C)CCC1. The maximum Gasteiger partial charge on any atom is 0.416 e. The number of methoxy groups -OCH3 is 1. The van der Waals surface area contributed by atoms with Crippen molar-refractivity contribution in [2.24, 2.45) is 0 Å². The smallest absolute Gasteiger partial charge is 0.416 e. The Bertz CT molecular complexity index is 1160. The molecule has 1 aromatic heterocycles. The van der Waals surface area contributed by atoms with Crippen LogP contribution in [0, 0.1) is 6.92 Å². The molecule has 1 fully saturated rings. The largest absolute Gasteiger partial charge is 0.493 e. The van der Waals surface area contributed by atoms with Crippen LogP contribution in [0.4, 0.5) is 19.0 Å². The van der Waals surface area contributed by atoms with Gasteiger partial charge in [-0.2, -0.15) is 13.2 Å². The molecule has 1 aliphatic carbocycles. The number of nitrogens with one attached hydrogen (secondary N) is 1. The Morgan fingerprint density at radius 2 is 1.85 bits per heavy atom. The first-order valence-corrected chi connectivity index (χ1v) is 11.2. The standard InChI is InChI=1S/C25H28F3N3O3/c1-16-30-20-14-21(32-3)22(33-10-11-34-24(2)8-5-9-24)13-19(20)23(31-16)29-15-17-6-4-7-18(12-17)25(26,27)28/h4,6-7,12-14H,5,8-11,15H2,1-3H3,(H,29,30,31). The normalized spacial score (nSPS) is 15.1. The van der Waals surface area contributed by atoms with Crippen LogP contribution in [-0.2, 0) is 17.5 Å². The highest BCUT2D eigenvalue weighted by atomic mass is 19.4. The molecule has 1 aliphatic rings. The summed E-state index contributed by atoms with van der Waals surface area (Å²) < 4.78 is 56.5. The van der Waals surface area contributed by atoms with Crippen molar-refractivity contribution < 1.29 is 27.4 Å². The molecule has 0 atom stereocenters. The molecular formula is C25H28F3N3O3. The summed E-state index contributed by atoms with van der Waals surface area (Å²) in [4.78, 5) is 8.94. The molecule has 6 nitrogen and oxygen atoms in total. The van der Waals surface area contributed by atoms with Gasteiger partial charge in [-0.15, -0.1) is 0 Å². The molecule has 0 amide bonds. The van der Waals surface area contributed by atoms with E-state index < -0.39 is 11.7 Å². The Morgan fingerprint density at radius 1 is 1.06 bits per heavy atom. The third-order valence-electron chi connectivity index (χ3n) is 6.01. The second kappa shape index (κ2) is 9.66. The Hall–Kier alpha value is -3.07. The van der Waals surface area contributed by atoms with Crippen LogP contribution < -0.4 is 14.8 Å². The molecule has 182 valence electrons. The summed E-state index contributed by atoms with van der Waals surface area (Å²) in [6.45, 7) is 4.85. The van der Waals surface area contributed by atoms with Gasteiger partial charge in [0.15, 0.2) is 11.5 Å². The van der Waals surface area contributed by atoms with Crippen LogP contribution in [0.25, 0.3) is 10.9 Å². The van der Waals surface area contributed by atoms with Crippen LogP contribution in [0.15, 0.2) is 36.4 Å². The molecule has 4 rings (SSSR count). The van der Waals surface area contributed by atoms with Crippen molar-refractivity contribution in [3.05, 3.63) is 53.3 Å². The van der Waals surface area contributed by atoms with E-state index in [2.05, 4.69) is 22.2 Å². The van der Waals surface area contributed by atoms with E-state index in [0.29, 0.717) is 52.8 Å². The summed E-state index contributed by atoms with van der Waals surface area (Å²) >= 11 is 0. The lowest BCUT2D eigenvalue weighted by atomic mass is 9.82. The number of alkyl halides is 3. The minimum absolute atomic E-state index is 0.0529. The molecule has 1 saturated carbocycles. The van der Waals surface area contributed by atoms with Crippen LogP contribution in [0.5, 0.6) is 11.5 Å². The van der Waals surface area contributed by atoms with E-state index in [4.69, 9.17) is 14.2 Å². The van der Waals surface area contributed by atoms with Gasteiger partial charge in [0.1, 0.15) is 18.2 Å². The second-order valence-corrected chi connectivity index (χ2v) is 8.69. The number of fused-ring (bicyclic) bond motifs is 1. The van der Waals surface area contributed by atoms with E-state index in [1.54, 1.807) is 32.2 Å². The molecule has 2 aromatic carbocycles. The van der Waals surface area contributed by atoms with E-state index in [0.717, 1.165) is 25.0 Å². The maximum absolute atomic E-state index is 13.0. The number of halogens is 3. The van der Waals surface area contributed by atoms with Gasteiger partial charge in [0, 0.05) is 18.0 Å². The fourth-order valence-electron chi connectivity index (χ4n) is 3.96. The minimum atomic E-state index is -4.39. The summed E-state index contributed by atoms with van der Waals surface area (Å²) in [5.41, 5.74) is 0.393. The number of nitrogens with zero attached hydrogens (tertiary/aromatic N) is 2. The highest BCUT2D eigenvalue weighted by molar-refractivity contribution is 5.91. The molecule has 9 heteroatoms. The van der Waals surface area contributed by atoms with E-state index in [9.17, 15) is 13.2 Å². The quantitative estimate of drug-likeness (QED) is 0.388. The number of hydrogen-bond acceptors (Lipinski definition) is 6. The number of rotatable bonds is 9. The first kappa shape index (κ1) is 24.1. The Kier molecular flexibility index (Phi) is 6.84. The highest BCUT2D eigenvalue weighted by Gasteiger charge is 2.32. The average molecular weight is 476 g/mol. The van der Waals surface area contributed by atoms with Crippen LogP contribution in [0.3, 0.4) is 0 Å². The van der Waals surface area contributed by atoms with Gasteiger partial charge < -0.3 is 19.5 Å². The van der Waals surface area contributed by atoms with Gasteiger partial charge in [0.25, 0.3) is 0 Å². The Morgan fingerprint density at radius 3 is 2.53 bits per heavy atom. The molecule has 0 bridgehead atoms. The van der Waals surface area contributed by atoms with Crippen molar-refractivity contribution in [1.82, 2.24) is 9.97 Å². The molecule has 0 spiro atoms. The van der Waals surface area contributed by atoms with Crippen molar-refractivity contribution in [2.45, 2.75) is 51.4 Å². The van der Waals surface area contributed by atoms with Gasteiger partial charge in [0.2, 0.25) is 0 Å². The summed E-state index contributed by atoms with van der Waals surface area (Å²) in [7, 11) is 1.56. The van der Waals surface area contributed by atoms with Gasteiger partial charge in [-0.05, 0) is 56.9 Å². The van der Waals surface area contributed by atoms with Crippen LogP contribution in [-0.4, -0.2) is 35.9 Å². The lowest BCUT2D eigenvalue weighted by molar-refractivity contribution is -0.137. The molecule has 0 aliphatic heterocycles. The molecular weight excluding hydrogens is 447 g/mol. The number of aromatic nitrogens is 2. The number of hydrogen-bond donors (Lipinski definition) is 1. The summed E-state index contributed by atoms with van der Waals surface area (Å²) in [5.74, 6) is 2.08. The van der Waals surface area contributed by atoms with Crippen molar-refractivity contribution in [2.75, 3.05) is 25.6 Å². The zero-order chi connectivity index (χ0) is 24.3. The van der Waals surface area contributed by atoms with Crippen molar-refractivity contribution in [3.63, 3.8) is 0 Å². The van der Waals surface area contributed by atoms with E-state index in [1.165, 1.54) is 12.5 Å². The highest BCUT2D eigenvalue weighted by Crippen LogP contribution is 2.36. The summed E-state index contributed by atoms with van der Waals surface area (Å²) in [6.07, 6.45) is -1.09. The third-order valence-corrected chi connectivity index (χ3v) is 6.01. The fourth-order valence-corrected chi connectivity index (χ4v) is 3.96. The lowest BCUT2D eigenvalue weighted by Crippen LogP contribution is -2.37. The monoisotopic (exact) mass is 475 g/mol. The van der Waals surface area contributed by atoms with Gasteiger partial charge >= 0.3 is 6.18 Å². The number of ether oxygens (including phenoxy) is 3. The van der Waals surface area contributed by atoms with E-state index in [-0.39, 0.29) is 12.1 Å². The van der Waals surface area contributed by atoms with E-state index >= 15 is 0 Å². The fraction of sp³-hybridized carbons (Fsp3) is 0.440.